The number of hydrogen-bond acceptors (Lipinski definition) is 5. The van der Waals surface area contributed by atoms with E-state index in [1.54, 1.807) is 12.1 Å². The molecular formula is C41H58O6. The minimum Gasteiger partial charge on any atom is -0.493 e. The van der Waals surface area contributed by atoms with Gasteiger partial charge < -0.3 is 24.1 Å². The zero-order chi connectivity index (χ0) is 33.2. The standard InChI is InChI=1S/C41H58O6/c1-2-3-4-5-6-7-8-9-10-11-12-13-14-15-16-20-27-45-39-30-36(41(42)43)31-40(33-39)46-29-22-28-44-37-25-21-26-38(32-37)47-34-35-23-18-17-19-24-35/h17-19,21,23-26,30-33H,2-16,20,22,27-29,34H2,1H3,(H,42,43). The van der Waals surface area contributed by atoms with Gasteiger partial charge in [0.05, 0.1) is 25.4 Å². The number of unbranched alkanes of at least 4 members (excludes halogenated alkanes) is 15. The molecule has 3 aromatic carbocycles. The molecule has 0 aliphatic carbocycles. The predicted octanol–water partition coefficient (Wildman–Crippen LogP) is 11.5. The molecule has 0 saturated carbocycles. The first kappa shape index (κ1) is 37.8. The van der Waals surface area contributed by atoms with Crippen molar-refractivity contribution in [1.29, 1.82) is 0 Å². The summed E-state index contributed by atoms with van der Waals surface area (Å²) in [7, 11) is 0. The van der Waals surface area contributed by atoms with Crippen molar-refractivity contribution in [2.24, 2.45) is 0 Å². The number of ether oxygens (including phenoxy) is 4. The minimum absolute atomic E-state index is 0.160. The molecule has 0 spiro atoms. The Bertz CT molecular complexity index is 1230. The van der Waals surface area contributed by atoms with Gasteiger partial charge >= 0.3 is 5.97 Å². The summed E-state index contributed by atoms with van der Waals surface area (Å²) in [4.78, 5) is 11.7. The zero-order valence-electron chi connectivity index (χ0n) is 28.8. The number of aromatic carboxylic acids is 1. The van der Waals surface area contributed by atoms with Gasteiger partial charge in [0.15, 0.2) is 0 Å². The van der Waals surface area contributed by atoms with Crippen LogP contribution in [0.25, 0.3) is 0 Å². The van der Waals surface area contributed by atoms with Gasteiger partial charge in [0, 0.05) is 18.6 Å². The van der Waals surface area contributed by atoms with Gasteiger partial charge in [-0.15, -0.1) is 0 Å². The fourth-order valence-electron chi connectivity index (χ4n) is 5.54. The second-order valence-electron chi connectivity index (χ2n) is 12.4. The van der Waals surface area contributed by atoms with Gasteiger partial charge in [-0.25, -0.2) is 4.79 Å². The molecule has 0 bridgehead atoms. The van der Waals surface area contributed by atoms with Crippen molar-refractivity contribution >= 4 is 5.97 Å². The van der Waals surface area contributed by atoms with E-state index in [0.29, 0.717) is 44.3 Å². The summed E-state index contributed by atoms with van der Waals surface area (Å²) in [5.74, 6) is 1.50. The largest absolute Gasteiger partial charge is 0.493 e. The van der Waals surface area contributed by atoms with Crippen LogP contribution in [-0.2, 0) is 6.61 Å². The molecule has 47 heavy (non-hydrogen) atoms. The molecule has 0 radical (unpaired) electrons. The highest BCUT2D eigenvalue weighted by atomic mass is 16.5. The summed E-state index contributed by atoms with van der Waals surface area (Å²) in [6.45, 7) is 4.20. The van der Waals surface area contributed by atoms with E-state index >= 15 is 0 Å². The van der Waals surface area contributed by atoms with Gasteiger partial charge in [0.25, 0.3) is 0 Å². The molecule has 0 atom stereocenters. The van der Waals surface area contributed by atoms with E-state index in [9.17, 15) is 9.90 Å². The van der Waals surface area contributed by atoms with E-state index in [1.165, 1.54) is 96.0 Å². The molecule has 0 saturated heterocycles. The third-order valence-corrected chi connectivity index (χ3v) is 8.27. The Balaban J connectivity index is 1.23. The summed E-state index contributed by atoms with van der Waals surface area (Å²) < 4.78 is 23.6. The molecule has 0 heterocycles. The predicted molar refractivity (Wildman–Crippen MR) is 191 cm³/mol. The van der Waals surface area contributed by atoms with Crippen molar-refractivity contribution in [2.75, 3.05) is 19.8 Å². The van der Waals surface area contributed by atoms with Crippen molar-refractivity contribution in [3.63, 3.8) is 0 Å². The molecule has 6 nitrogen and oxygen atoms in total. The first-order chi connectivity index (χ1) is 23.1. The van der Waals surface area contributed by atoms with Crippen LogP contribution in [0.1, 0.15) is 132 Å². The van der Waals surface area contributed by atoms with E-state index in [2.05, 4.69) is 6.92 Å². The monoisotopic (exact) mass is 646 g/mol. The summed E-state index contributed by atoms with van der Waals surface area (Å²) in [5.41, 5.74) is 1.27. The van der Waals surface area contributed by atoms with E-state index < -0.39 is 5.97 Å². The van der Waals surface area contributed by atoms with Crippen LogP contribution in [0.15, 0.2) is 72.8 Å². The second-order valence-corrected chi connectivity index (χ2v) is 12.4. The van der Waals surface area contributed by atoms with Crippen molar-refractivity contribution in [3.05, 3.63) is 83.9 Å². The van der Waals surface area contributed by atoms with E-state index in [4.69, 9.17) is 18.9 Å². The average Bonchev–Trinajstić information content (AvgIpc) is 3.09. The number of rotatable bonds is 28. The number of benzene rings is 3. The van der Waals surface area contributed by atoms with Gasteiger partial charge in [-0.3, -0.25) is 0 Å². The van der Waals surface area contributed by atoms with E-state index in [0.717, 1.165) is 29.9 Å². The first-order valence-electron chi connectivity index (χ1n) is 18.2. The highest BCUT2D eigenvalue weighted by molar-refractivity contribution is 5.88. The molecule has 0 aliphatic heterocycles. The van der Waals surface area contributed by atoms with Gasteiger partial charge in [-0.05, 0) is 36.2 Å². The van der Waals surface area contributed by atoms with Crippen LogP contribution in [0.5, 0.6) is 23.0 Å². The number of hydrogen-bond donors (Lipinski definition) is 1. The molecule has 0 unspecified atom stereocenters. The van der Waals surface area contributed by atoms with Crippen LogP contribution in [0, 0.1) is 0 Å². The maximum atomic E-state index is 11.7. The van der Waals surface area contributed by atoms with Gasteiger partial charge in [-0.1, -0.05) is 140 Å². The molecule has 0 fully saturated rings. The molecule has 3 rings (SSSR count). The molecule has 0 aromatic heterocycles. The molecule has 0 aliphatic rings. The van der Waals surface area contributed by atoms with Crippen LogP contribution >= 0.6 is 0 Å². The third kappa shape index (κ3) is 17.7. The quantitative estimate of drug-likeness (QED) is 0.0791. The van der Waals surface area contributed by atoms with Crippen LogP contribution in [0.4, 0.5) is 0 Å². The van der Waals surface area contributed by atoms with Gasteiger partial charge in [-0.2, -0.15) is 0 Å². The Hall–Kier alpha value is -3.67. The van der Waals surface area contributed by atoms with Gasteiger partial charge in [0.2, 0.25) is 0 Å². The molecule has 6 heteroatoms. The lowest BCUT2D eigenvalue weighted by atomic mass is 10.0. The second kappa shape index (κ2) is 24.5. The summed E-state index contributed by atoms with van der Waals surface area (Å²) in [6.07, 6.45) is 21.9. The Labute approximate surface area is 283 Å². The van der Waals surface area contributed by atoms with Crippen molar-refractivity contribution in [3.8, 4) is 23.0 Å². The van der Waals surface area contributed by atoms with Crippen molar-refractivity contribution < 1.29 is 28.8 Å². The van der Waals surface area contributed by atoms with Crippen LogP contribution in [-0.4, -0.2) is 30.9 Å². The van der Waals surface area contributed by atoms with Crippen LogP contribution in [0.2, 0.25) is 0 Å². The summed E-state index contributed by atoms with van der Waals surface area (Å²) >= 11 is 0. The smallest absolute Gasteiger partial charge is 0.335 e. The first-order valence-corrected chi connectivity index (χ1v) is 18.2. The normalized spacial score (nSPS) is 10.9. The average molecular weight is 647 g/mol. The molecular weight excluding hydrogens is 588 g/mol. The molecule has 0 amide bonds. The lowest BCUT2D eigenvalue weighted by Crippen LogP contribution is -2.07. The SMILES string of the molecule is CCCCCCCCCCCCCCCCCCOc1cc(OCCCOc2cccc(OCc3ccccc3)c2)cc(C(=O)O)c1. The van der Waals surface area contributed by atoms with Crippen LogP contribution in [0.3, 0.4) is 0 Å². The lowest BCUT2D eigenvalue weighted by Gasteiger charge is -2.12. The van der Waals surface area contributed by atoms with Gasteiger partial charge in [0.1, 0.15) is 29.6 Å². The van der Waals surface area contributed by atoms with E-state index in [-0.39, 0.29) is 5.56 Å². The maximum absolute atomic E-state index is 11.7. The van der Waals surface area contributed by atoms with Crippen molar-refractivity contribution in [1.82, 2.24) is 0 Å². The highest BCUT2D eigenvalue weighted by Crippen LogP contribution is 2.25. The number of carboxylic acids is 1. The fraction of sp³-hybridized carbons (Fsp3) is 0.537. The third-order valence-electron chi connectivity index (χ3n) is 8.27. The zero-order valence-corrected chi connectivity index (χ0v) is 28.8. The Morgan fingerprint density at radius 2 is 0.936 bits per heavy atom. The summed E-state index contributed by atoms with van der Waals surface area (Å²) in [5, 5.41) is 9.57. The number of carboxylic acid groups (broad SMARTS) is 1. The van der Waals surface area contributed by atoms with Crippen LogP contribution < -0.4 is 18.9 Å². The topological polar surface area (TPSA) is 74.2 Å². The Kier molecular flexibility index (Phi) is 19.7. The van der Waals surface area contributed by atoms with Crippen molar-refractivity contribution in [2.45, 2.75) is 123 Å². The minimum atomic E-state index is -1.000. The van der Waals surface area contributed by atoms with E-state index in [1.807, 2.05) is 54.6 Å². The molecule has 258 valence electrons. The maximum Gasteiger partial charge on any atom is 0.335 e. The Morgan fingerprint density at radius 3 is 1.47 bits per heavy atom. The highest BCUT2D eigenvalue weighted by Gasteiger charge is 2.09. The molecule has 3 aromatic rings. The number of carbonyl (C=O) groups is 1. The molecule has 1 N–H and O–H groups in total. The summed E-state index contributed by atoms with van der Waals surface area (Å²) in [6, 6.07) is 22.5. The lowest BCUT2D eigenvalue weighted by molar-refractivity contribution is 0.0695. The fourth-order valence-corrected chi connectivity index (χ4v) is 5.54. The Morgan fingerprint density at radius 1 is 0.489 bits per heavy atom.